The van der Waals surface area contributed by atoms with Crippen LogP contribution in [0.5, 0.6) is 0 Å². The Hall–Kier alpha value is -2.54. The van der Waals surface area contributed by atoms with E-state index in [1.807, 2.05) is 19.1 Å². The van der Waals surface area contributed by atoms with Gasteiger partial charge in [0.15, 0.2) is 0 Å². The van der Waals surface area contributed by atoms with Crippen molar-refractivity contribution in [1.82, 2.24) is 15.0 Å². The average Bonchev–Trinajstić information content (AvgIpc) is 2.90. The molecular formula is C17H17N3O3S. The minimum absolute atomic E-state index is 0.225. The smallest absolute Gasteiger partial charge is 0.348 e. The number of carbonyl (C=O) groups excluding carboxylic acids is 1. The van der Waals surface area contributed by atoms with Crippen LogP contribution in [0.1, 0.15) is 32.3 Å². The number of thiophene rings is 1. The van der Waals surface area contributed by atoms with Crippen molar-refractivity contribution in [3.63, 3.8) is 0 Å². The van der Waals surface area contributed by atoms with Crippen molar-refractivity contribution in [2.45, 2.75) is 26.7 Å². The van der Waals surface area contributed by atoms with Crippen molar-refractivity contribution >= 4 is 27.5 Å². The number of rotatable bonds is 4. The fourth-order valence-corrected chi connectivity index (χ4v) is 3.73. The van der Waals surface area contributed by atoms with Crippen LogP contribution in [0.4, 0.5) is 0 Å². The van der Waals surface area contributed by atoms with E-state index in [4.69, 9.17) is 4.74 Å². The van der Waals surface area contributed by atoms with Gasteiger partial charge in [0, 0.05) is 18.3 Å². The van der Waals surface area contributed by atoms with Crippen molar-refractivity contribution in [3.8, 4) is 0 Å². The van der Waals surface area contributed by atoms with Gasteiger partial charge in [-0.1, -0.05) is 6.07 Å². The Morgan fingerprint density at radius 1 is 1.33 bits per heavy atom. The van der Waals surface area contributed by atoms with Crippen LogP contribution in [0, 0.1) is 13.8 Å². The molecule has 3 heterocycles. The topological polar surface area (TPSA) is 84.9 Å². The van der Waals surface area contributed by atoms with E-state index in [0.717, 1.165) is 11.3 Å². The molecule has 3 aromatic rings. The molecular weight excluding hydrogens is 326 g/mol. The molecule has 0 aliphatic carbocycles. The predicted octanol–water partition coefficient (Wildman–Crippen LogP) is 2.57. The molecule has 0 aliphatic rings. The van der Waals surface area contributed by atoms with Gasteiger partial charge in [-0.3, -0.25) is 9.78 Å². The van der Waals surface area contributed by atoms with Gasteiger partial charge < -0.3 is 9.72 Å². The van der Waals surface area contributed by atoms with Crippen molar-refractivity contribution in [1.29, 1.82) is 0 Å². The summed E-state index contributed by atoms with van der Waals surface area (Å²) in [6.07, 6.45) is 3.02. The molecule has 0 spiro atoms. The van der Waals surface area contributed by atoms with Crippen molar-refractivity contribution in [2.24, 2.45) is 0 Å². The fourth-order valence-electron chi connectivity index (χ4n) is 2.61. The number of fused-ring (bicyclic) bond motifs is 1. The molecule has 0 aromatic carbocycles. The zero-order chi connectivity index (χ0) is 17.3. The van der Waals surface area contributed by atoms with Crippen molar-refractivity contribution < 1.29 is 9.53 Å². The molecule has 0 aliphatic heterocycles. The van der Waals surface area contributed by atoms with Gasteiger partial charge in [-0.05, 0) is 37.5 Å². The SMILES string of the molecule is COC(=O)c1sc2nc(CCc3ncccc3C)[nH]c(=O)c2c1C. The highest BCUT2D eigenvalue weighted by Crippen LogP contribution is 2.27. The number of aromatic nitrogens is 3. The van der Waals surface area contributed by atoms with Crippen LogP contribution in [0.25, 0.3) is 10.2 Å². The standard InChI is InChI=1S/C17H17N3O3S/c1-9-5-4-8-18-11(9)6-7-12-19-15(21)13-10(2)14(17(22)23-3)24-16(13)20-12/h4-5,8H,6-7H2,1-3H3,(H,19,20,21). The van der Waals surface area contributed by atoms with E-state index < -0.39 is 5.97 Å². The quantitative estimate of drug-likeness (QED) is 0.736. The van der Waals surface area contributed by atoms with Crippen molar-refractivity contribution in [2.75, 3.05) is 7.11 Å². The Morgan fingerprint density at radius 3 is 2.83 bits per heavy atom. The van der Waals surface area contributed by atoms with Gasteiger partial charge in [0.1, 0.15) is 15.5 Å². The maximum atomic E-state index is 12.4. The van der Waals surface area contributed by atoms with E-state index in [1.165, 1.54) is 18.4 Å². The molecule has 3 aromatic heterocycles. The first-order valence-electron chi connectivity index (χ1n) is 7.52. The van der Waals surface area contributed by atoms with Crippen LogP contribution in [0.2, 0.25) is 0 Å². The Labute approximate surface area is 142 Å². The Bertz CT molecular complexity index is 975. The largest absolute Gasteiger partial charge is 0.465 e. The molecule has 0 saturated heterocycles. The van der Waals surface area contributed by atoms with Gasteiger partial charge in [-0.2, -0.15) is 0 Å². The minimum Gasteiger partial charge on any atom is -0.465 e. The number of carbonyl (C=O) groups is 1. The average molecular weight is 343 g/mol. The second-order valence-electron chi connectivity index (χ2n) is 5.51. The normalized spacial score (nSPS) is 11.0. The molecule has 7 heteroatoms. The number of ether oxygens (including phenoxy) is 1. The summed E-state index contributed by atoms with van der Waals surface area (Å²) in [7, 11) is 1.32. The molecule has 0 atom stereocenters. The first-order chi connectivity index (χ1) is 11.5. The Morgan fingerprint density at radius 2 is 2.12 bits per heavy atom. The minimum atomic E-state index is -0.444. The van der Waals surface area contributed by atoms with Crippen LogP contribution < -0.4 is 5.56 Å². The molecule has 6 nitrogen and oxygen atoms in total. The van der Waals surface area contributed by atoms with Gasteiger partial charge in [0.05, 0.1) is 12.5 Å². The van der Waals surface area contributed by atoms with Crippen LogP contribution >= 0.6 is 11.3 Å². The number of hydrogen-bond donors (Lipinski definition) is 1. The van der Waals surface area contributed by atoms with Gasteiger partial charge in [-0.15, -0.1) is 11.3 Å². The summed E-state index contributed by atoms with van der Waals surface area (Å²) in [4.78, 5) is 36.8. The monoisotopic (exact) mass is 343 g/mol. The van der Waals surface area contributed by atoms with Crippen LogP contribution in [-0.4, -0.2) is 28.0 Å². The third-order valence-electron chi connectivity index (χ3n) is 3.94. The predicted molar refractivity (Wildman–Crippen MR) is 92.7 cm³/mol. The number of aryl methyl sites for hydroxylation is 4. The van der Waals surface area contributed by atoms with Crippen LogP contribution in [-0.2, 0) is 17.6 Å². The molecule has 124 valence electrons. The van der Waals surface area contributed by atoms with E-state index in [-0.39, 0.29) is 5.56 Å². The molecule has 24 heavy (non-hydrogen) atoms. The number of nitrogens with zero attached hydrogens (tertiary/aromatic N) is 2. The lowest BCUT2D eigenvalue weighted by atomic mass is 10.1. The van der Waals surface area contributed by atoms with E-state index >= 15 is 0 Å². The lowest BCUT2D eigenvalue weighted by Gasteiger charge is -2.04. The summed E-state index contributed by atoms with van der Waals surface area (Å²) in [5.41, 5.74) is 2.48. The summed E-state index contributed by atoms with van der Waals surface area (Å²) in [5.74, 6) is 0.149. The lowest BCUT2D eigenvalue weighted by Crippen LogP contribution is -2.12. The molecule has 0 saturated carbocycles. The molecule has 0 fully saturated rings. The van der Waals surface area contributed by atoms with Crippen LogP contribution in [0.15, 0.2) is 23.1 Å². The van der Waals surface area contributed by atoms with Gasteiger partial charge in [-0.25, -0.2) is 9.78 Å². The number of methoxy groups -OCH3 is 1. The van der Waals surface area contributed by atoms with E-state index in [1.54, 1.807) is 13.1 Å². The second kappa shape index (κ2) is 6.52. The molecule has 0 unspecified atom stereocenters. The summed E-state index contributed by atoms with van der Waals surface area (Å²) < 4.78 is 4.76. The first-order valence-corrected chi connectivity index (χ1v) is 8.34. The summed E-state index contributed by atoms with van der Waals surface area (Å²) in [6, 6.07) is 3.90. The zero-order valence-electron chi connectivity index (χ0n) is 13.7. The Kier molecular flexibility index (Phi) is 4.44. The van der Waals surface area contributed by atoms with E-state index in [0.29, 0.717) is 39.3 Å². The highest BCUT2D eigenvalue weighted by atomic mass is 32.1. The number of hydrogen-bond acceptors (Lipinski definition) is 6. The highest BCUT2D eigenvalue weighted by molar-refractivity contribution is 7.20. The van der Waals surface area contributed by atoms with Crippen LogP contribution in [0.3, 0.4) is 0 Å². The highest BCUT2D eigenvalue weighted by Gasteiger charge is 2.19. The lowest BCUT2D eigenvalue weighted by molar-refractivity contribution is 0.0605. The zero-order valence-corrected chi connectivity index (χ0v) is 14.5. The number of aromatic amines is 1. The third kappa shape index (κ3) is 2.94. The van der Waals surface area contributed by atoms with E-state index in [9.17, 15) is 9.59 Å². The van der Waals surface area contributed by atoms with Gasteiger partial charge in [0.25, 0.3) is 5.56 Å². The fraction of sp³-hybridized carbons (Fsp3) is 0.294. The maximum absolute atomic E-state index is 12.4. The molecule has 0 bridgehead atoms. The summed E-state index contributed by atoms with van der Waals surface area (Å²) in [6.45, 7) is 3.74. The third-order valence-corrected chi connectivity index (χ3v) is 5.10. The van der Waals surface area contributed by atoms with Crippen molar-refractivity contribution in [3.05, 3.63) is 56.2 Å². The number of esters is 1. The number of nitrogens with one attached hydrogen (secondary N) is 1. The second-order valence-corrected chi connectivity index (χ2v) is 6.51. The molecule has 0 radical (unpaired) electrons. The number of pyridine rings is 1. The van der Waals surface area contributed by atoms with E-state index in [2.05, 4.69) is 15.0 Å². The Balaban J connectivity index is 1.95. The summed E-state index contributed by atoms with van der Waals surface area (Å²) >= 11 is 1.19. The van der Waals surface area contributed by atoms with Gasteiger partial charge >= 0.3 is 5.97 Å². The first kappa shape index (κ1) is 16.3. The molecule has 0 amide bonds. The summed E-state index contributed by atoms with van der Waals surface area (Å²) in [5, 5.41) is 0.457. The molecule has 3 rings (SSSR count). The van der Waals surface area contributed by atoms with Gasteiger partial charge in [0.2, 0.25) is 0 Å². The number of H-pyrrole nitrogens is 1. The molecule has 1 N–H and O–H groups in total. The maximum Gasteiger partial charge on any atom is 0.348 e.